The fraction of sp³-hybridized carbons (Fsp3) is 0.600. The van der Waals surface area contributed by atoms with E-state index in [0.717, 1.165) is 30.9 Å². The second-order valence-corrected chi connectivity index (χ2v) is 5.39. The molecule has 0 aliphatic heterocycles. The average Bonchev–Trinajstić information content (AvgIpc) is 2.76. The molecule has 1 aliphatic carbocycles. The molecule has 0 heterocycles. The van der Waals surface area contributed by atoms with Crippen molar-refractivity contribution in [3.05, 3.63) is 35.4 Å². The smallest absolute Gasteiger partial charge is 0.159 e. The summed E-state index contributed by atoms with van der Waals surface area (Å²) in [6.45, 7) is 5.15. The highest BCUT2D eigenvalue weighted by atomic mass is 19.2. The van der Waals surface area contributed by atoms with Crippen LogP contribution in [0, 0.1) is 23.5 Å². The summed E-state index contributed by atoms with van der Waals surface area (Å²) in [4.78, 5) is 0. The highest BCUT2D eigenvalue weighted by Crippen LogP contribution is 2.39. The summed E-state index contributed by atoms with van der Waals surface area (Å²) in [6.07, 6.45) is 3.56. The Bertz CT molecular complexity index is 405. The Morgan fingerprint density at radius 3 is 2.61 bits per heavy atom. The van der Waals surface area contributed by atoms with E-state index in [2.05, 4.69) is 12.2 Å². The van der Waals surface area contributed by atoms with Crippen molar-refractivity contribution in [2.45, 2.75) is 39.2 Å². The third kappa shape index (κ3) is 2.89. The largest absolute Gasteiger partial charge is 0.310 e. The highest BCUT2D eigenvalue weighted by molar-refractivity contribution is 5.22. The van der Waals surface area contributed by atoms with Crippen LogP contribution in [0.15, 0.2) is 18.2 Å². The van der Waals surface area contributed by atoms with E-state index in [4.69, 9.17) is 0 Å². The molecule has 0 radical (unpaired) electrons. The minimum absolute atomic E-state index is 0.148. The van der Waals surface area contributed by atoms with E-state index < -0.39 is 11.6 Å². The molecule has 18 heavy (non-hydrogen) atoms. The van der Waals surface area contributed by atoms with Gasteiger partial charge in [-0.15, -0.1) is 0 Å². The molecule has 1 aromatic carbocycles. The Labute approximate surface area is 108 Å². The third-order valence-corrected chi connectivity index (χ3v) is 3.93. The van der Waals surface area contributed by atoms with Gasteiger partial charge in [0.2, 0.25) is 0 Å². The molecule has 3 unspecified atom stereocenters. The monoisotopic (exact) mass is 253 g/mol. The summed E-state index contributed by atoms with van der Waals surface area (Å²) in [5.41, 5.74) is 0.870. The fourth-order valence-corrected chi connectivity index (χ4v) is 3.04. The predicted octanol–water partition coefficient (Wildman–Crippen LogP) is 4.05. The molecule has 1 N–H and O–H groups in total. The summed E-state index contributed by atoms with van der Waals surface area (Å²) >= 11 is 0. The predicted molar refractivity (Wildman–Crippen MR) is 69.3 cm³/mol. The third-order valence-electron chi connectivity index (χ3n) is 3.93. The topological polar surface area (TPSA) is 12.0 Å². The van der Waals surface area contributed by atoms with Gasteiger partial charge in [-0.3, -0.25) is 0 Å². The zero-order chi connectivity index (χ0) is 13.1. The number of benzene rings is 1. The van der Waals surface area contributed by atoms with Crippen molar-refractivity contribution in [1.29, 1.82) is 0 Å². The first kappa shape index (κ1) is 13.5. The van der Waals surface area contributed by atoms with Gasteiger partial charge in [0.25, 0.3) is 0 Å². The van der Waals surface area contributed by atoms with Crippen molar-refractivity contribution in [3.63, 3.8) is 0 Å². The molecule has 0 aromatic heterocycles. The van der Waals surface area contributed by atoms with Crippen molar-refractivity contribution >= 4 is 0 Å². The lowest BCUT2D eigenvalue weighted by molar-refractivity contribution is 0.363. The van der Waals surface area contributed by atoms with Crippen LogP contribution in [-0.4, -0.2) is 6.54 Å². The molecule has 2 rings (SSSR count). The van der Waals surface area contributed by atoms with Crippen molar-refractivity contribution in [2.24, 2.45) is 11.8 Å². The molecular weight excluding hydrogens is 232 g/mol. The zero-order valence-electron chi connectivity index (χ0n) is 11.0. The molecule has 3 heteroatoms. The van der Waals surface area contributed by atoms with Gasteiger partial charge in [-0.25, -0.2) is 8.78 Å². The van der Waals surface area contributed by atoms with Crippen LogP contribution in [0.2, 0.25) is 0 Å². The van der Waals surface area contributed by atoms with E-state index in [1.54, 1.807) is 6.07 Å². The summed E-state index contributed by atoms with van der Waals surface area (Å²) in [7, 11) is 0. The van der Waals surface area contributed by atoms with Gasteiger partial charge in [-0.05, 0) is 48.9 Å². The second kappa shape index (κ2) is 5.79. The Morgan fingerprint density at radius 1 is 1.28 bits per heavy atom. The van der Waals surface area contributed by atoms with Crippen LogP contribution >= 0.6 is 0 Å². The normalized spacial score (nSPS) is 25.3. The van der Waals surface area contributed by atoms with E-state index in [1.165, 1.54) is 18.6 Å². The second-order valence-electron chi connectivity index (χ2n) is 5.39. The molecule has 0 bridgehead atoms. The standard InChI is InChI=1S/C15H21F2N/c1-3-18-15(11-5-4-10(2)8-11)12-6-7-13(16)14(17)9-12/h6-7,9-11,15,18H,3-5,8H2,1-2H3. The van der Waals surface area contributed by atoms with Gasteiger partial charge in [0.15, 0.2) is 11.6 Å². The van der Waals surface area contributed by atoms with Crippen molar-refractivity contribution < 1.29 is 8.78 Å². The molecule has 0 saturated heterocycles. The zero-order valence-corrected chi connectivity index (χ0v) is 11.0. The molecule has 1 aliphatic rings. The quantitative estimate of drug-likeness (QED) is 0.853. The lowest BCUT2D eigenvalue weighted by Crippen LogP contribution is -2.27. The molecule has 1 nitrogen and oxygen atoms in total. The van der Waals surface area contributed by atoms with E-state index in [9.17, 15) is 8.78 Å². The summed E-state index contributed by atoms with van der Waals surface area (Å²) < 4.78 is 26.3. The average molecular weight is 253 g/mol. The van der Waals surface area contributed by atoms with E-state index in [0.29, 0.717) is 5.92 Å². The summed E-state index contributed by atoms with van der Waals surface area (Å²) in [5, 5.41) is 3.42. The van der Waals surface area contributed by atoms with Gasteiger partial charge < -0.3 is 5.32 Å². The van der Waals surface area contributed by atoms with Crippen LogP contribution in [0.3, 0.4) is 0 Å². The van der Waals surface area contributed by atoms with Gasteiger partial charge in [0, 0.05) is 6.04 Å². The Morgan fingerprint density at radius 2 is 2.06 bits per heavy atom. The molecule has 0 amide bonds. The van der Waals surface area contributed by atoms with Gasteiger partial charge in [0.05, 0.1) is 0 Å². The maximum Gasteiger partial charge on any atom is 0.159 e. The van der Waals surface area contributed by atoms with Crippen LogP contribution in [-0.2, 0) is 0 Å². The molecular formula is C15H21F2N. The van der Waals surface area contributed by atoms with Gasteiger partial charge in [-0.2, -0.15) is 0 Å². The van der Waals surface area contributed by atoms with Crippen LogP contribution in [0.25, 0.3) is 0 Å². The van der Waals surface area contributed by atoms with Crippen LogP contribution in [0.4, 0.5) is 8.78 Å². The van der Waals surface area contributed by atoms with E-state index in [-0.39, 0.29) is 6.04 Å². The maximum atomic E-state index is 13.3. The molecule has 1 aromatic rings. The first-order chi connectivity index (χ1) is 8.61. The van der Waals surface area contributed by atoms with Crippen LogP contribution < -0.4 is 5.32 Å². The maximum absolute atomic E-state index is 13.3. The fourth-order valence-electron chi connectivity index (χ4n) is 3.04. The Kier molecular flexibility index (Phi) is 4.33. The molecule has 1 saturated carbocycles. The first-order valence-electron chi connectivity index (χ1n) is 6.80. The van der Waals surface area contributed by atoms with Crippen molar-refractivity contribution in [2.75, 3.05) is 6.54 Å². The van der Waals surface area contributed by atoms with Crippen LogP contribution in [0.1, 0.15) is 44.7 Å². The van der Waals surface area contributed by atoms with Gasteiger partial charge in [-0.1, -0.05) is 26.3 Å². The number of halogens is 2. The van der Waals surface area contributed by atoms with E-state index in [1.807, 2.05) is 6.92 Å². The number of nitrogens with one attached hydrogen (secondary N) is 1. The molecule has 3 atom stereocenters. The van der Waals surface area contributed by atoms with E-state index >= 15 is 0 Å². The molecule has 1 fully saturated rings. The lowest BCUT2D eigenvalue weighted by Gasteiger charge is -2.25. The Balaban J connectivity index is 2.20. The minimum atomic E-state index is -0.770. The van der Waals surface area contributed by atoms with Crippen LogP contribution in [0.5, 0.6) is 0 Å². The van der Waals surface area contributed by atoms with Crippen molar-refractivity contribution in [1.82, 2.24) is 5.32 Å². The van der Waals surface area contributed by atoms with Crippen molar-refractivity contribution in [3.8, 4) is 0 Å². The van der Waals surface area contributed by atoms with Gasteiger partial charge in [0.1, 0.15) is 0 Å². The number of hydrogen-bond acceptors (Lipinski definition) is 1. The lowest BCUT2D eigenvalue weighted by atomic mass is 9.91. The SMILES string of the molecule is CCNC(c1ccc(F)c(F)c1)C1CCC(C)C1. The Hall–Kier alpha value is -0.960. The minimum Gasteiger partial charge on any atom is -0.310 e. The van der Waals surface area contributed by atoms with Gasteiger partial charge >= 0.3 is 0 Å². The number of rotatable bonds is 4. The summed E-state index contributed by atoms with van der Waals surface area (Å²) in [6, 6.07) is 4.42. The highest BCUT2D eigenvalue weighted by Gasteiger charge is 2.29. The molecule has 0 spiro atoms. The number of hydrogen-bond donors (Lipinski definition) is 1. The first-order valence-corrected chi connectivity index (χ1v) is 6.80. The molecule has 100 valence electrons. The summed E-state index contributed by atoms with van der Waals surface area (Å²) in [5.74, 6) is -0.249.